The van der Waals surface area contributed by atoms with E-state index in [1.807, 2.05) is 18.2 Å². The molecule has 3 rings (SSSR count). The maximum atomic E-state index is 11.4. The fraction of sp³-hybridized carbons (Fsp3) is 0.333. The van der Waals surface area contributed by atoms with Crippen LogP contribution in [0, 0.1) is 0 Å². The molecule has 2 aromatic rings. The molecular formula is C15H18N4O. The number of nitrogens with zero attached hydrogens (tertiary/aromatic N) is 2. The van der Waals surface area contributed by atoms with Crippen molar-refractivity contribution in [2.75, 3.05) is 12.3 Å². The standard InChI is InChI=1S/C15H18N4O/c16-14-12-4-3-10(8-11(12)5-6-18-14)9-19-7-1-2-13(19)15(17)20/h3-6,8,13H,1-2,7,9H2,(H2,16,18)(H2,17,20)/t13-/m0/s1. The van der Waals surface area contributed by atoms with E-state index in [-0.39, 0.29) is 11.9 Å². The van der Waals surface area contributed by atoms with Gasteiger partial charge in [0.25, 0.3) is 0 Å². The van der Waals surface area contributed by atoms with E-state index < -0.39 is 0 Å². The van der Waals surface area contributed by atoms with Gasteiger partial charge in [-0.05, 0) is 42.5 Å². The van der Waals surface area contributed by atoms with Crippen LogP contribution in [0.5, 0.6) is 0 Å². The van der Waals surface area contributed by atoms with Crippen molar-refractivity contribution in [3.8, 4) is 0 Å². The van der Waals surface area contributed by atoms with E-state index in [1.54, 1.807) is 6.20 Å². The molecule has 1 amide bonds. The molecule has 1 atom stereocenters. The molecule has 1 aliphatic rings. The summed E-state index contributed by atoms with van der Waals surface area (Å²) in [5.74, 6) is 0.321. The maximum Gasteiger partial charge on any atom is 0.234 e. The van der Waals surface area contributed by atoms with Crippen LogP contribution < -0.4 is 11.5 Å². The van der Waals surface area contributed by atoms with Crippen LogP contribution >= 0.6 is 0 Å². The zero-order valence-corrected chi connectivity index (χ0v) is 11.2. The minimum Gasteiger partial charge on any atom is -0.383 e. The lowest BCUT2D eigenvalue weighted by Gasteiger charge is -2.22. The van der Waals surface area contributed by atoms with Gasteiger partial charge in [0, 0.05) is 18.1 Å². The Kier molecular flexibility index (Phi) is 3.28. The SMILES string of the molecule is NC(=O)[C@@H]1CCCN1Cc1ccc2c(N)nccc2c1. The maximum absolute atomic E-state index is 11.4. The second kappa shape index (κ2) is 5.09. The molecule has 0 unspecified atom stereocenters. The highest BCUT2D eigenvalue weighted by atomic mass is 16.1. The van der Waals surface area contributed by atoms with E-state index in [0.717, 1.165) is 42.3 Å². The van der Waals surface area contributed by atoms with Gasteiger partial charge in [-0.1, -0.05) is 12.1 Å². The van der Waals surface area contributed by atoms with Crippen molar-refractivity contribution < 1.29 is 4.79 Å². The van der Waals surface area contributed by atoms with Crippen LogP contribution in [0.3, 0.4) is 0 Å². The van der Waals surface area contributed by atoms with Gasteiger partial charge in [-0.25, -0.2) is 4.98 Å². The molecule has 2 heterocycles. The molecule has 20 heavy (non-hydrogen) atoms. The Morgan fingerprint density at radius 2 is 2.25 bits per heavy atom. The first-order valence-corrected chi connectivity index (χ1v) is 6.81. The zero-order valence-electron chi connectivity index (χ0n) is 11.2. The highest BCUT2D eigenvalue weighted by molar-refractivity contribution is 5.91. The number of amides is 1. The molecule has 5 nitrogen and oxygen atoms in total. The van der Waals surface area contributed by atoms with Gasteiger partial charge in [0.1, 0.15) is 5.82 Å². The summed E-state index contributed by atoms with van der Waals surface area (Å²) in [7, 11) is 0. The minimum atomic E-state index is -0.225. The highest BCUT2D eigenvalue weighted by Crippen LogP contribution is 2.23. The van der Waals surface area contributed by atoms with Crippen molar-refractivity contribution in [1.82, 2.24) is 9.88 Å². The summed E-state index contributed by atoms with van der Waals surface area (Å²) < 4.78 is 0. The number of benzene rings is 1. The summed E-state index contributed by atoms with van der Waals surface area (Å²) in [6, 6.07) is 7.95. The lowest BCUT2D eigenvalue weighted by molar-refractivity contribution is -0.122. The summed E-state index contributed by atoms with van der Waals surface area (Å²) in [6.45, 7) is 1.66. The number of anilines is 1. The molecule has 1 saturated heterocycles. The number of aromatic nitrogens is 1. The Hall–Kier alpha value is -2.14. The highest BCUT2D eigenvalue weighted by Gasteiger charge is 2.28. The van der Waals surface area contributed by atoms with Crippen LogP contribution in [0.4, 0.5) is 5.82 Å². The third-order valence-electron chi connectivity index (χ3n) is 3.94. The third kappa shape index (κ3) is 2.32. The first kappa shape index (κ1) is 12.9. The normalized spacial score (nSPS) is 19.5. The van der Waals surface area contributed by atoms with Gasteiger partial charge in [-0.15, -0.1) is 0 Å². The van der Waals surface area contributed by atoms with E-state index in [4.69, 9.17) is 11.5 Å². The lowest BCUT2D eigenvalue weighted by atomic mass is 10.1. The minimum absolute atomic E-state index is 0.131. The number of hydrogen-bond donors (Lipinski definition) is 2. The van der Waals surface area contributed by atoms with E-state index in [9.17, 15) is 4.79 Å². The predicted octanol–water partition coefficient (Wildman–Crippen LogP) is 1.27. The molecule has 1 aromatic heterocycles. The van der Waals surface area contributed by atoms with Crippen LogP contribution in [-0.4, -0.2) is 28.4 Å². The number of nitrogen functional groups attached to an aromatic ring is 1. The van der Waals surface area contributed by atoms with Crippen molar-refractivity contribution in [3.63, 3.8) is 0 Å². The molecule has 0 saturated carbocycles. The summed E-state index contributed by atoms with van der Waals surface area (Å²) in [5, 5.41) is 2.04. The van der Waals surface area contributed by atoms with Gasteiger partial charge in [-0.2, -0.15) is 0 Å². The molecule has 1 fully saturated rings. The van der Waals surface area contributed by atoms with Gasteiger partial charge in [-0.3, -0.25) is 9.69 Å². The van der Waals surface area contributed by atoms with E-state index >= 15 is 0 Å². The van der Waals surface area contributed by atoms with Crippen LogP contribution in [0.25, 0.3) is 10.8 Å². The van der Waals surface area contributed by atoms with E-state index in [1.165, 1.54) is 0 Å². The lowest BCUT2D eigenvalue weighted by Crippen LogP contribution is -2.39. The number of pyridine rings is 1. The third-order valence-corrected chi connectivity index (χ3v) is 3.94. The molecule has 5 heteroatoms. The summed E-state index contributed by atoms with van der Waals surface area (Å²) in [6.07, 6.45) is 3.60. The molecule has 0 aliphatic carbocycles. The van der Waals surface area contributed by atoms with Crippen LogP contribution in [0.1, 0.15) is 18.4 Å². The number of carbonyl (C=O) groups excluding carboxylic acids is 1. The number of primary amides is 1. The molecule has 1 aromatic carbocycles. The fourth-order valence-electron chi connectivity index (χ4n) is 2.92. The molecule has 0 spiro atoms. The first-order valence-electron chi connectivity index (χ1n) is 6.81. The molecule has 1 aliphatic heterocycles. The first-order chi connectivity index (χ1) is 9.65. The molecule has 0 bridgehead atoms. The van der Waals surface area contributed by atoms with Crippen LogP contribution in [0.15, 0.2) is 30.5 Å². The monoisotopic (exact) mass is 270 g/mol. The molecule has 0 radical (unpaired) electrons. The van der Waals surface area contributed by atoms with E-state index in [0.29, 0.717) is 5.82 Å². The van der Waals surface area contributed by atoms with Crippen molar-refractivity contribution >= 4 is 22.5 Å². The molecular weight excluding hydrogens is 252 g/mol. The Morgan fingerprint density at radius 1 is 1.40 bits per heavy atom. The smallest absolute Gasteiger partial charge is 0.234 e. The summed E-state index contributed by atoms with van der Waals surface area (Å²) >= 11 is 0. The van der Waals surface area contributed by atoms with Gasteiger partial charge in [0.15, 0.2) is 0 Å². The Balaban J connectivity index is 1.86. The van der Waals surface area contributed by atoms with Crippen molar-refractivity contribution in [2.24, 2.45) is 5.73 Å². The topological polar surface area (TPSA) is 85.2 Å². The number of rotatable bonds is 3. The Bertz CT molecular complexity index is 655. The number of fused-ring (bicyclic) bond motifs is 1. The van der Waals surface area contributed by atoms with Gasteiger partial charge in [0.2, 0.25) is 5.91 Å². The zero-order chi connectivity index (χ0) is 14.1. The average molecular weight is 270 g/mol. The van der Waals surface area contributed by atoms with Crippen molar-refractivity contribution in [2.45, 2.75) is 25.4 Å². The van der Waals surface area contributed by atoms with Crippen LogP contribution in [0.2, 0.25) is 0 Å². The summed E-state index contributed by atoms with van der Waals surface area (Å²) in [5.41, 5.74) is 12.5. The second-order valence-electron chi connectivity index (χ2n) is 5.28. The fourth-order valence-corrected chi connectivity index (χ4v) is 2.92. The summed E-state index contributed by atoms with van der Waals surface area (Å²) in [4.78, 5) is 17.6. The quantitative estimate of drug-likeness (QED) is 0.879. The predicted molar refractivity (Wildman–Crippen MR) is 78.8 cm³/mol. The Labute approximate surface area is 117 Å². The van der Waals surface area contributed by atoms with Gasteiger partial charge < -0.3 is 11.5 Å². The second-order valence-corrected chi connectivity index (χ2v) is 5.28. The van der Waals surface area contributed by atoms with Gasteiger partial charge >= 0.3 is 0 Å². The average Bonchev–Trinajstić information content (AvgIpc) is 2.87. The number of carbonyl (C=O) groups is 1. The number of hydrogen-bond acceptors (Lipinski definition) is 4. The van der Waals surface area contributed by atoms with Gasteiger partial charge in [0.05, 0.1) is 6.04 Å². The van der Waals surface area contributed by atoms with Crippen molar-refractivity contribution in [3.05, 3.63) is 36.0 Å². The molecule has 4 N–H and O–H groups in total. The van der Waals surface area contributed by atoms with Crippen molar-refractivity contribution in [1.29, 1.82) is 0 Å². The Morgan fingerprint density at radius 3 is 3.05 bits per heavy atom. The van der Waals surface area contributed by atoms with Crippen LogP contribution in [-0.2, 0) is 11.3 Å². The van der Waals surface area contributed by atoms with E-state index in [2.05, 4.69) is 16.0 Å². The number of likely N-dealkylation sites (tertiary alicyclic amines) is 1. The largest absolute Gasteiger partial charge is 0.383 e. The molecule has 104 valence electrons. The number of nitrogens with two attached hydrogens (primary N) is 2.